The minimum absolute atomic E-state index is 0.0966. The highest BCUT2D eigenvalue weighted by Crippen LogP contribution is 2.24. The Bertz CT molecular complexity index is 784. The molecule has 0 radical (unpaired) electrons. The van der Waals surface area contributed by atoms with Crippen molar-refractivity contribution in [1.82, 2.24) is 4.90 Å². The van der Waals surface area contributed by atoms with Gasteiger partial charge in [-0.05, 0) is 43.3 Å². The van der Waals surface area contributed by atoms with Crippen molar-refractivity contribution in [3.63, 3.8) is 0 Å². The molecule has 24 heavy (non-hydrogen) atoms. The standard InChI is InChI=1S/C17H16Cl2N2O3/c1-11-3-5-13(24-11)6-8-17(23)21(2)10-16(22)20-12-4-7-14(18)15(19)9-12/h3-9H,10H2,1-2H3,(H,20,22)/b8-6+. The Labute approximate surface area is 149 Å². The molecule has 2 amide bonds. The van der Waals surface area contributed by atoms with Crippen molar-refractivity contribution in [1.29, 1.82) is 0 Å². The molecule has 0 aliphatic heterocycles. The van der Waals surface area contributed by atoms with E-state index in [0.29, 0.717) is 21.5 Å². The van der Waals surface area contributed by atoms with Crippen molar-refractivity contribution >= 4 is 46.8 Å². The number of nitrogens with one attached hydrogen (secondary N) is 1. The van der Waals surface area contributed by atoms with Crippen LogP contribution < -0.4 is 5.32 Å². The third kappa shape index (κ3) is 5.15. The van der Waals surface area contributed by atoms with Crippen molar-refractivity contribution in [2.45, 2.75) is 6.92 Å². The van der Waals surface area contributed by atoms with Crippen molar-refractivity contribution < 1.29 is 14.0 Å². The molecule has 1 N–H and O–H groups in total. The molecule has 7 heteroatoms. The Morgan fingerprint density at radius 3 is 2.58 bits per heavy atom. The van der Waals surface area contributed by atoms with E-state index in [0.717, 1.165) is 5.76 Å². The molecule has 0 spiro atoms. The largest absolute Gasteiger partial charge is 0.462 e. The summed E-state index contributed by atoms with van der Waals surface area (Å²) < 4.78 is 5.33. The van der Waals surface area contributed by atoms with Crippen LogP contribution in [-0.4, -0.2) is 30.3 Å². The molecule has 5 nitrogen and oxygen atoms in total. The van der Waals surface area contributed by atoms with E-state index in [1.54, 1.807) is 36.4 Å². The van der Waals surface area contributed by atoms with Crippen LogP contribution in [0.1, 0.15) is 11.5 Å². The number of amides is 2. The van der Waals surface area contributed by atoms with E-state index in [4.69, 9.17) is 27.6 Å². The summed E-state index contributed by atoms with van der Waals surface area (Å²) in [5, 5.41) is 3.40. The first-order chi connectivity index (χ1) is 11.3. The van der Waals surface area contributed by atoms with Gasteiger partial charge in [-0.3, -0.25) is 9.59 Å². The second-order valence-corrected chi connectivity index (χ2v) is 5.97. The zero-order valence-corrected chi connectivity index (χ0v) is 14.7. The maximum absolute atomic E-state index is 12.0. The Balaban J connectivity index is 1.89. The average molecular weight is 367 g/mol. The lowest BCUT2D eigenvalue weighted by atomic mass is 10.3. The molecule has 0 aliphatic carbocycles. The van der Waals surface area contributed by atoms with Crippen LogP contribution in [0.4, 0.5) is 5.69 Å². The molecule has 0 bridgehead atoms. The predicted molar refractivity (Wildman–Crippen MR) is 95.2 cm³/mol. The van der Waals surface area contributed by atoms with E-state index in [2.05, 4.69) is 5.32 Å². The molecular weight excluding hydrogens is 351 g/mol. The number of hydrogen-bond acceptors (Lipinski definition) is 3. The smallest absolute Gasteiger partial charge is 0.246 e. The number of furan rings is 1. The fourth-order valence-electron chi connectivity index (χ4n) is 1.89. The summed E-state index contributed by atoms with van der Waals surface area (Å²) in [7, 11) is 1.54. The number of halogens is 2. The molecule has 0 saturated carbocycles. The number of likely N-dealkylation sites (N-methyl/N-ethyl adjacent to an activating group) is 1. The maximum atomic E-state index is 12.0. The Morgan fingerprint density at radius 2 is 1.96 bits per heavy atom. The van der Waals surface area contributed by atoms with Crippen LogP contribution in [0.15, 0.2) is 40.8 Å². The zero-order chi connectivity index (χ0) is 17.7. The van der Waals surface area contributed by atoms with Gasteiger partial charge >= 0.3 is 0 Å². The summed E-state index contributed by atoms with van der Waals surface area (Å²) >= 11 is 11.7. The summed E-state index contributed by atoms with van der Waals surface area (Å²) in [4.78, 5) is 25.3. The van der Waals surface area contributed by atoms with Crippen LogP contribution in [-0.2, 0) is 9.59 Å². The molecule has 126 valence electrons. The summed E-state index contributed by atoms with van der Waals surface area (Å²) in [6.45, 7) is 1.72. The summed E-state index contributed by atoms with van der Waals surface area (Å²) in [6.07, 6.45) is 2.91. The van der Waals surface area contributed by atoms with Crippen molar-refractivity contribution in [3.05, 3.63) is 58.0 Å². The quantitative estimate of drug-likeness (QED) is 0.813. The van der Waals surface area contributed by atoms with Gasteiger partial charge in [0.25, 0.3) is 0 Å². The summed E-state index contributed by atoms with van der Waals surface area (Å²) in [5.74, 6) is 0.686. The highest BCUT2D eigenvalue weighted by atomic mass is 35.5. The molecule has 0 saturated heterocycles. The van der Waals surface area contributed by atoms with Crippen molar-refractivity contribution in [2.24, 2.45) is 0 Å². The molecular formula is C17H16Cl2N2O3. The predicted octanol–water partition coefficient (Wildman–Crippen LogP) is 4.01. The summed E-state index contributed by atoms with van der Waals surface area (Å²) in [5.41, 5.74) is 0.511. The van der Waals surface area contributed by atoms with Gasteiger partial charge in [0.2, 0.25) is 11.8 Å². The second kappa shape index (κ2) is 8.04. The molecule has 1 aromatic carbocycles. The van der Waals surface area contributed by atoms with Crippen LogP contribution in [0.25, 0.3) is 6.08 Å². The first kappa shape index (κ1) is 18.1. The number of benzene rings is 1. The van der Waals surface area contributed by atoms with Gasteiger partial charge < -0.3 is 14.6 Å². The highest BCUT2D eigenvalue weighted by molar-refractivity contribution is 6.42. The van der Waals surface area contributed by atoms with Gasteiger partial charge in [-0.15, -0.1) is 0 Å². The first-order valence-corrected chi connectivity index (χ1v) is 7.85. The molecule has 0 fully saturated rings. The number of anilines is 1. The van der Waals surface area contributed by atoms with Crippen LogP contribution >= 0.6 is 23.2 Å². The van der Waals surface area contributed by atoms with Crippen LogP contribution in [0.5, 0.6) is 0 Å². The molecule has 1 aromatic heterocycles. The lowest BCUT2D eigenvalue weighted by Crippen LogP contribution is -2.33. The fraction of sp³-hybridized carbons (Fsp3) is 0.176. The van der Waals surface area contributed by atoms with Gasteiger partial charge in [0.15, 0.2) is 0 Å². The van der Waals surface area contributed by atoms with E-state index >= 15 is 0 Å². The van der Waals surface area contributed by atoms with Gasteiger partial charge in [0.05, 0.1) is 16.6 Å². The third-order valence-corrected chi connectivity index (χ3v) is 3.85. The van der Waals surface area contributed by atoms with Gasteiger partial charge in [-0.25, -0.2) is 0 Å². The van der Waals surface area contributed by atoms with E-state index in [1.165, 1.54) is 18.0 Å². The SMILES string of the molecule is Cc1ccc(/C=C/C(=O)N(C)CC(=O)Nc2ccc(Cl)c(Cl)c2)o1. The van der Waals surface area contributed by atoms with Crippen LogP contribution in [0.3, 0.4) is 0 Å². The topological polar surface area (TPSA) is 62.6 Å². The van der Waals surface area contributed by atoms with Gasteiger partial charge in [0.1, 0.15) is 11.5 Å². The average Bonchev–Trinajstić information content (AvgIpc) is 2.94. The number of aryl methyl sites for hydroxylation is 1. The number of nitrogens with zero attached hydrogens (tertiary/aromatic N) is 1. The third-order valence-electron chi connectivity index (χ3n) is 3.11. The maximum Gasteiger partial charge on any atom is 0.246 e. The molecule has 0 unspecified atom stereocenters. The van der Waals surface area contributed by atoms with Gasteiger partial charge in [-0.1, -0.05) is 23.2 Å². The Morgan fingerprint density at radius 1 is 1.21 bits per heavy atom. The molecule has 0 atom stereocenters. The molecule has 2 aromatic rings. The van der Waals surface area contributed by atoms with E-state index in [-0.39, 0.29) is 18.4 Å². The van der Waals surface area contributed by atoms with Crippen LogP contribution in [0.2, 0.25) is 10.0 Å². The van der Waals surface area contributed by atoms with Crippen molar-refractivity contribution in [3.8, 4) is 0 Å². The summed E-state index contributed by atoms with van der Waals surface area (Å²) in [6, 6.07) is 8.33. The van der Waals surface area contributed by atoms with Gasteiger partial charge in [0, 0.05) is 18.8 Å². The first-order valence-electron chi connectivity index (χ1n) is 7.09. The van der Waals surface area contributed by atoms with Gasteiger partial charge in [-0.2, -0.15) is 0 Å². The minimum Gasteiger partial charge on any atom is -0.462 e. The molecule has 1 heterocycles. The fourth-order valence-corrected chi connectivity index (χ4v) is 2.19. The molecule has 2 rings (SSSR count). The minimum atomic E-state index is -0.341. The van der Waals surface area contributed by atoms with Crippen molar-refractivity contribution in [2.75, 3.05) is 18.9 Å². The van der Waals surface area contributed by atoms with E-state index < -0.39 is 0 Å². The highest BCUT2D eigenvalue weighted by Gasteiger charge is 2.11. The van der Waals surface area contributed by atoms with E-state index in [9.17, 15) is 9.59 Å². The van der Waals surface area contributed by atoms with E-state index in [1.807, 2.05) is 6.92 Å². The number of carbonyl (C=O) groups is 2. The number of rotatable bonds is 5. The normalized spacial score (nSPS) is 10.8. The Kier molecular flexibility index (Phi) is 6.06. The lowest BCUT2D eigenvalue weighted by Gasteiger charge is -2.15. The number of hydrogen-bond donors (Lipinski definition) is 1. The lowest BCUT2D eigenvalue weighted by molar-refractivity contribution is -0.129. The van der Waals surface area contributed by atoms with Crippen LogP contribution in [0, 0.1) is 6.92 Å². The monoisotopic (exact) mass is 366 g/mol. The zero-order valence-electron chi connectivity index (χ0n) is 13.2. The molecule has 0 aliphatic rings. The number of carbonyl (C=O) groups excluding carboxylic acids is 2. The second-order valence-electron chi connectivity index (χ2n) is 5.15. The Hall–Kier alpha value is -2.24.